The summed E-state index contributed by atoms with van der Waals surface area (Å²) in [6.07, 6.45) is 0. The summed E-state index contributed by atoms with van der Waals surface area (Å²) in [6.45, 7) is 10.7. The topological polar surface area (TPSA) is 49.3 Å². The number of piperazine rings is 1. The van der Waals surface area contributed by atoms with E-state index >= 15 is 0 Å². The number of carbonyl (C=O) groups is 1. The van der Waals surface area contributed by atoms with E-state index in [1.807, 2.05) is 38.7 Å². The van der Waals surface area contributed by atoms with Gasteiger partial charge < -0.3 is 9.80 Å². The molecule has 1 amide bonds. The third-order valence-corrected chi connectivity index (χ3v) is 4.83. The second-order valence-electron chi connectivity index (χ2n) is 7.06. The Balaban J connectivity index is 1.86. The molecule has 0 aliphatic carbocycles. The smallest absolute Gasteiger partial charge is 0.225 e. The minimum Gasteiger partial charge on any atom is -0.353 e. The van der Waals surface area contributed by atoms with Crippen molar-refractivity contribution in [3.8, 4) is 11.4 Å². The molecule has 0 spiro atoms. The minimum atomic E-state index is -0.299. The van der Waals surface area contributed by atoms with Gasteiger partial charge in [0, 0.05) is 48.9 Å². The molecule has 138 valence electrons. The Morgan fingerprint density at radius 1 is 1.12 bits per heavy atom. The number of aromatic nitrogens is 2. The fourth-order valence-corrected chi connectivity index (χ4v) is 3.18. The number of carbonyl (C=O) groups excluding carboxylic acids is 1. The molecule has 0 N–H and O–H groups in total. The molecule has 26 heavy (non-hydrogen) atoms. The van der Waals surface area contributed by atoms with Crippen LogP contribution in [-0.4, -0.2) is 47.0 Å². The van der Waals surface area contributed by atoms with Gasteiger partial charge in [-0.15, -0.1) is 0 Å². The minimum absolute atomic E-state index is 0.0177. The van der Waals surface area contributed by atoms with E-state index in [-0.39, 0.29) is 17.6 Å². The molecule has 2 aromatic rings. The first kappa shape index (κ1) is 18.3. The Bertz CT molecular complexity index is 813. The van der Waals surface area contributed by atoms with E-state index in [4.69, 9.17) is 4.98 Å². The number of anilines is 1. The Labute approximate surface area is 153 Å². The van der Waals surface area contributed by atoms with E-state index in [2.05, 4.69) is 9.88 Å². The quantitative estimate of drug-likeness (QED) is 0.847. The maximum Gasteiger partial charge on any atom is 0.225 e. The molecule has 0 radical (unpaired) electrons. The SMILES string of the molecule is Cc1nc(-c2cccc(F)c2)nc(N2CCN(C(=O)C(C)C)CC2)c1C. The standard InChI is InChI=1S/C20H25FN4O/c1-13(2)20(26)25-10-8-24(9-11-25)19-14(3)15(4)22-18(23-19)16-6-5-7-17(21)12-16/h5-7,12-13H,8-11H2,1-4H3. The van der Waals surface area contributed by atoms with E-state index in [0.717, 1.165) is 30.2 Å². The first-order valence-electron chi connectivity index (χ1n) is 9.01. The molecule has 6 heteroatoms. The van der Waals surface area contributed by atoms with Crippen molar-refractivity contribution in [2.24, 2.45) is 5.92 Å². The van der Waals surface area contributed by atoms with Gasteiger partial charge in [0.15, 0.2) is 5.82 Å². The molecule has 3 rings (SSSR count). The fourth-order valence-electron chi connectivity index (χ4n) is 3.18. The van der Waals surface area contributed by atoms with Gasteiger partial charge in [0.1, 0.15) is 11.6 Å². The average molecular weight is 356 g/mol. The lowest BCUT2D eigenvalue weighted by Gasteiger charge is -2.37. The first-order valence-corrected chi connectivity index (χ1v) is 9.01. The van der Waals surface area contributed by atoms with Crippen LogP contribution in [0.15, 0.2) is 24.3 Å². The van der Waals surface area contributed by atoms with Gasteiger partial charge in [-0.2, -0.15) is 0 Å². The van der Waals surface area contributed by atoms with Crippen molar-refractivity contribution in [3.63, 3.8) is 0 Å². The number of hydrogen-bond acceptors (Lipinski definition) is 4. The highest BCUT2D eigenvalue weighted by molar-refractivity contribution is 5.78. The zero-order chi connectivity index (χ0) is 18.8. The third-order valence-electron chi connectivity index (χ3n) is 4.83. The molecular formula is C20H25FN4O. The Kier molecular flexibility index (Phi) is 5.20. The largest absolute Gasteiger partial charge is 0.353 e. The predicted molar refractivity (Wildman–Crippen MR) is 101 cm³/mol. The summed E-state index contributed by atoms with van der Waals surface area (Å²) in [5, 5.41) is 0. The van der Waals surface area contributed by atoms with Crippen LogP contribution in [0.4, 0.5) is 10.2 Å². The number of amides is 1. The lowest BCUT2D eigenvalue weighted by molar-refractivity contribution is -0.134. The van der Waals surface area contributed by atoms with Crippen LogP contribution in [0.3, 0.4) is 0 Å². The fraction of sp³-hybridized carbons (Fsp3) is 0.450. The molecular weight excluding hydrogens is 331 g/mol. The number of rotatable bonds is 3. The van der Waals surface area contributed by atoms with Crippen LogP contribution in [-0.2, 0) is 4.79 Å². The van der Waals surface area contributed by atoms with Crippen molar-refractivity contribution in [2.75, 3.05) is 31.1 Å². The van der Waals surface area contributed by atoms with Gasteiger partial charge in [0.05, 0.1) is 0 Å². The summed E-state index contributed by atoms with van der Waals surface area (Å²) in [7, 11) is 0. The van der Waals surface area contributed by atoms with Crippen molar-refractivity contribution < 1.29 is 9.18 Å². The molecule has 2 heterocycles. The van der Waals surface area contributed by atoms with Gasteiger partial charge in [-0.1, -0.05) is 26.0 Å². The lowest BCUT2D eigenvalue weighted by Crippen LogP contribution is -2.50. The monoisotopic (exact) mass is 356 g/mol. The predicted octanol–water partition coefficient (Wildman–Crippen LogP) is 3.20. The van der Waals surface area contributed by atoms with Crippen LogP contribution in [0.2, 0.25) is 0 Å². The van der Waals surface area contributed by atoms with Gasteiger partial charge in [0.25, 0.3) is 0 Å². The normalized spacial score (nSPS) is 14.8. The lowest BCUT2D eigenvalue weighted by atomic mass is 10.1. The summed E-state index contributed by atoms with van der Waals surface area (Å²) >= 11 is 0. The van der Waals surface area contributed by atoms with Crippen LogP contribution in [0.5, 0.6) is 0 Å². The van der Waals surface area contributed by atoms with Gasteiger partial charge in [-0.25, -0.2) is 14.4 Å². The van der Waals surface area contributed by atoms with Gasteiger partial charge in [-0.05, 0) is 26.0 Å². The number of aryl methyl sites for hydroxylation is 1. The number of nitrogens with zero attached hydrogens (tertiary/aromatic N) is 4. The zero-order valence-corrected chi connectivity index (χ0v) is 15.8. The molecule has 0 saturated carbocycles. The Morgan fingerprint density at radius 2 is 1.81 bits per heavy atom. The Morgan fingerprint density at radius 3 is 2.42 bits per heavy atom. The van der Waals surface area contributed by atoms with Crippen molar-refractivity contribution in [1.82, 2.24) is 14.9 Å². The van der Waals surface area contributed by atoms with Crippen molar-refractivity contribution in [1.29, 1.82) is 0 Å². The highest BCUT2D eigenvalue weighted by Crippen LogP contribution is 2.26. The first-order chi connectivity index (χ1) is 12.4. The maximum absolute atomic E-state index is 13.6. The molecule has 0 unspecified atom stereocenters. The highest BCUT2D eigenvalue weighted by Gasteiger charge is 2.25. The summed E-state index contributed by atoms with van der Waals surface area (Å²) in [5.41, 5.74) is 2.58. The van der Waals surface area contributed by atoms with Gasteiger partial charge in [0.2, 0.25) is 5.91 Å². The van der Waals surface area contributed by atoms with Crippen molar-refractivity contribution in [2.45, 2.75) is 27.7 Å². The zero-order valence-electron chi connectivity index (χ0n) is 15.8. The highest BCUT2D eigenvalue weighted by atomic mass is 19.1. The van der Waals surface area contributed by atoms with E-state index in [9.17, 15) is 9.18 Å². The molecule has 1 aromatic heterocycles. The van der Waals surface area contributed by atoms with E-state index in [0.29, 0.717) is 24.5 Å². The van der Waals surface area contributed by atoms with Crippen LogP contribution < -0.4 is 4.90 Å². The van der Waals surface area contributed by atoms with E-state index in [1.165, 1.54) is 12.1 Å². The molecule has 1 saturated heterocycles. The summed E-state index contributed by atoms with van der Waals surface area (Å²) < 4.78 is 13.6. The molecule has 1 aliphatic heterocycles. The average Bonchev–Trinajstić information content (AvgIpc) is 2.63. The second-order valence-corrected chi connectivity index (χ2v) is 7.06. The number of hydrogen-bond donors (Lipinski definition) is 0. The molecule has 5 nitrogen and oxygen atoms in total. The molecule has 0 bridgehead atoms. The van der Waals surface area contributed by atoms with Crippen LogP contribution in [0.25, 0.3) is 11.4 Å². The van der Waals surface area contributed by atoms with Gasteiger partial charge in [-0.3, -0.25) is 4.79 Å². The van der Waals surface area contributed by atoms with Crippen LogP contribution in [0.1, 0.15) is 25.1 Å². The number of benzene rings is 1. The maximum atomic E-state index is 13.6. The molecule has 1 aromatic carbocycles. The van der Waals surface area contributed by atoms with Crippen molar-refractivity contribution >= 4 is 11.7 Å². The van der Waals surface area contributed by atoms with Crippen LogP contribution >= 0.6 is 0 Å². The van der Waals surface area contributed by atoms with Gasteiger partial charge >= 0.3 is 0 Å². The third kappa shape index (κ3) is 3.69. The molecule has 1 aliphatic rings. The summed E-state index contributed by atoms with van der Waals surface area (Å²) in [5.74, 6) is 1.31. The molecule has 0 atom stereocenters. The Hall–Kier alpha value is -2.50. The molecule has 1 fully saturated rings. The van der Waals surface area contributed by atoms with Crippen LogP contribution in [0, 0.1) is 25.6 Å². The van der Waals surface area contributed by atoms with E-state index in [1.54, 1.807) is 6.07 Å². The van der Waals surface area contributed by atoms with E-state index < -0.39 is 0 Å². The van der Waals surface area contributed by atoms with Crippen molar-refractivity contribution in [3.05, 3.63) is 41.3 Å². The second kappa shape index (κ2) is 7.40. The summed E-state index contributed by atoms with van der Waals surface area (Å²) in [4.78, 5) is 25.5. The summed E-state index contributed by atoms with van der Waals surface area (Å²) in [6, 6.07) is 6.35. The number of halogens is 1.